The minimum Gasteiger partial charge on any atom is -0.341 e. The highest BCUT2D eigenvalue weighted by molar-refractivity contribution is 5.93. The molecule has 0 aliphatic carbocycles. The van der Waals surface area contributed by atoms with Gasteiger partial charge in [-0.05, 0) is 36.0 Å². The molecule has 2 rings (SSSR count). The Kier molecular flexibility index (Phi) is 5.60. The predicted octanol–water partition coefficient (Wildman–Crippen LogP) is 4.21. The van der Waals surface area contributed by atoms with E-state index in [0.717, 1.165) is 25.1 Å². The molecule has 0 saturated carbocycles. The van der Waals surface area contributed by atoms with Gasteiger partial charge >= 0.3 is 0 Å². The maximum Gasteiger partial charge on any atom is 0.229 e. The Balaban J connectivity index is 1.99. The molecule has 2 amide bonds. The van der Waals surface area contributed by atoms with Crippen LogP contribution in [-0.2, 0) is 15.0 Å². The van der Waals surface area contributed by atoms with Crippen LogP contribution < -0.4 is 5.32 Å². The Hall–Kier alpha value is -1.84. The van der Waals surface area contributed by atoms with Gasteiger partial charge in [0.15, 0.2) is 0 Å². The lowest BCUT2D eigenvalue weighted by Gasteiger charge is -2.35. The summed E-state index contributed by atoms with van der Waals surface area (Å²) in [5.74, 6) is -0.00297. The highest BCUT2D eigenvalue weighted by Crippen LogP contribution is 2.26. The smallest absolute Gasteiger partial charge is 0.229 e. The van der Waals surface area contributed by atoms with Gasteiger partial charge < -0.3 is 10.2 Å². The molecule has 0 spiro atoms. The van der Waals surface area contributed by atoms with E-state index in [2.05, 4.69) is 38.2 Å². The predicted molar refractivity (Wildman–Crippen MR) is 103 cm³/mol. The molecule has 25 heavy (non-hydrogen) atoms. The number of carbonyl (C=O) groups excluding carboxylic acids is 2. The Morgan fingerprint density at radius 2 is 1.64 bits per heavy atom. The number of likely N-dealkylation sites (tertiary alicyclic amines) is 1. The number of hydrogen-bond acceptors (Lipinski definition) is 2. The third-order valence-corrected chi connectivity index (χ3v) is 4.74. The molecule has 1 atom stereocenters. The van der Waals surface area contributed by atoms with E-state index in [4.69, 9.17) is 0 Å². The molecular formula is C21H32N2O2. The van der Waals surface area contributed by atoms with Gasteiger partial charge in [0, 0.05) is 24.2 Å². The van der Waals surface area contributed by atoms with E-state index in [1.54, 1.807) is 0 Å². The fraction of sp³-hybridized carbons (Fsp3) is 0.619. The van der Waals surface area contributed by atoms with Gasteiger partial charge in [0.05, 0.1) is 5.92 Å². The zero-order valence-electron chi connectivity index (χ0n) is 16.5. The monoisotopic (exact) mass is 344 g/mol. The van der Waals surface area contributed by atoms with Crippen LogP contribution in [-0.4, -0.2) is 29.8 Å². The third-order valence-electron chi connectivity index (χ3n) is 4.74. The molecule has 1 heterocycles. The molecule has 0 radical (unpaired) electrons. The summed E-state index contributed by atoms with van der Waals surface area (Å²) in [5, 5.41) is 3.01. The number of benzene rings is 1. The second-order valence-corrected chi connectivity index (χ2v) is 9.16. The number of anilines is 1. The summed E-state index contributed by atoms with van der Waals surface area (Å²) in [4.78, 5) is 26.9. The topological polar surface area (TPSA) is 49.4 Å². The first kappa shape index (κ1) is 19.5. The van der Waals surface area contributed by atoms with Gasteiger partial charge in [-0.25, -0.2) is 0 Å². The Morgan fingerprint density at radius 3 is 2.16 bits per heavy atom. The molecule has 138 valence electrons. The number of nitrogens with one attached hydrogen (secondary N) is 1. The van der Waals surface area contributed by atoms with Crippen LogP contribution in [0.2, 0.25) is 0 Å². The summed E-state index contributed by atoms with van der Waals surface area (Å²) >= 11 is 0. The number of hydrogen-bond donors (Lipinski definition) is 1. The van der Waals surface area contributed by atoms with E-state index in [1.165, 1.54) is 5.56 Å². The van der Waals surface area contributed by atoms with E-state index >= 15 is 0 Å². The van der Waals surface area contributed by atoms with Crippen molar-refractivity contribution in [3.05, 3.63) is 29.8 Å². The molecule has 0 aromatic heterocycles. The van der Waals surface area contributed by atoms with Crippen molar-refractivity contribution in [2.24, 2.45) is 11.3 Å². The van der Waals surface area contributed by atoms with Crippen LogP contribution in [0.5, 0.6) is 0 Å². The zero-order valence-corrected chi connectivity index (χ0v) is 16.5. The van der Waals surface area contributed by atoms with Crippen LogP contribution in [0.1, 0.15) is 59.9 Å². The third kappa shape index (κ3) is 5.07. The van der Waals surface area contributed by atoms with Crippen molar-refractivity contribution >= 4 is 17.5 Å². The fourth-order valence-corrected chi connectivity index (χ4v) is 3.15. The largest absolute Gasteiger partial charge is 0.341 e. The number of rotatable bonds is 2. The molecule has 1 aromatic carbocycles. The van der Waals surface area contributed by atoms with E-state index in [-0.39, 0.29) is 23.1 Å². The lowest BCUT2D eigenvalue weighted by molar-refractivity contribution is -0.142. The van der Waals surface area contributed by atoms with Crippen molar-refractivity contribution in [3.8, 4) is 0 Å². The summed E-state index contributed by atoms with van der Waals surface area (Å²) in [5.41, 5.74) is 1.75. The van der Waals surface area contributed by atoms with Gasteiger partial charge in [0.1, 0.15) is 0 Å². The van der Waals surface area contributed by atoms with Gasteiger partial charge in [-0.3, -0.25) is 9.59 Å². The van der Waals surface area contributed by atoms with Crippen LogP contribution in [0.15, 0.2) is 24.3 Å². The van der Waals surface area contributed by atoms with Crippen molar-refractivity contribution in [2.45, 2.75) is 59.8 Å². The summed E-state index contributed by atoms with van der Waals surface area (Å²) in [6.45, 7) is 13.6. The number of nitrogens with zero attached hydrogens (tertiary/aromatic N) is 1. The Morgan fingerprint density at radius 1 is 1.04 bits per heavy atom. The van der Waals surface area contributed by atoms with Gasteiger partial charge in [0.25, 0.3) is 0 Å². The van der Waals surface area contributed by atoms with Crippen LogP contribution in [0.4, 0.5) is 5.69 Å². The van der Waals surface area contributed by atoms with Gasteiger partial charge in [-0.2, -0.15) is 0 Å². The first-order valence-corrected chi connectivity index (χ1v) is 9.19. The summed E-state index contributed by atoms with van der Waals surface area (Å²) in [6, 6.07) is 8.04. The molecule has 1 unspecified atom stereocenters. The molecule has 4 heteroatoms. The first-order valence-electron chi connectivity index (χ1n) is 9.19. The normalized spacial score (nSPS) is 18.8. The Bertz CT molecular complexity index is 621. The van der Waals surface area contributed by atoms with Crippen LogP contribution in [0, 0.1) is 11.3 Å². The number of amides is 2. The second kappa shape index (κ2) is 7.19. The van der Waals surface area contributed by atoms with Gasteiger partial charge in [-0.15, -0.1) is 0 Å². The van der Waals surface area contributed by atoms with Crippen LogP contribution in [0.25, 0.3) is 0 Å². The molecule has 1 saturated heterocycles. The van der Waals surface area contributed by atoms with Gasteiger partial charge in [-0.1, -0.05) is 53.7 Å². The minimum atomic E-state index is -0.402. The van der Waals surface area contributed by atoms with Crippen molar-refractivity contribution in [1.82, 2.24) is 4.90 Å². The lowest BCUT2D eigenvalue weighted by atomic mass is 9.87. The second-order valence-electron chi connectivity index (χ2n) is 9.16. The molecule has 1 aromatic rings. The molecule has 1 aliphatic heterocycles. The van der Waals surface area contributed by atoms with Crippen molar-refractivity contribution in [3.63, 3.8) is 0 Å². The summed E-state index contributed by atoms with van der Waals surface area (Å²) in [7, 11) is 0. The molecular weight excluding hydrogens is 312 g/mol. The molecule has 4 nitrogen and oxygen atoms in total. The SMILES string of the molecule is CC(C)(C)C(=O)N1CCCC(C(=O)Nc2ccc(C(C)(C)C)cc2)C1. The Labute approximate surface area is 152 Å². The van der Waals surface area contributed by atoms with Gasteiger partial charge in [0.2, 0.25) is 11.8 Å². The quantitative estimate of drug-likeness (QED) is 0.874. The molecule has 1 N–H and O–H groups in total. The van der Waals surface area contributed by atoms with E-state index < -0.39 is 5.41 Å². The fourth-order valence-electron chi connectivity index (χ4n) is 3.15. The highest BCUT2D eigenvalue weighted by Gasteiger charge is 2.33. The first-order chi connectivity index (χ1) is 11.5. The van der Waals surface area contributed by atoms with E-state index in [1.807, 2.05) is 37.8 Å². The van der Waals surface area contributed by atoms with E-state index in [0.29, 0.717) is 6.54 Å². The summed E-state index contributed by atoms with van der Waals surface area (Å²) in [6.07, 6.45) is 1.71. The standard InChI is InChI=1S/C21H32N2O2/c1-20(2,3)16-9-11-17(12-10-16)22-18(24)15-8-7-13-23(14-15)19(25)21(4,5)6/h9-12,15H,7-8,13-14H2,1-6H3,(H,22,24). The maximum atomic E-state index is 12.6. The average Bonchev–Trinajstić information content (AvgIpc) is 2.53. The minimum absolute atomic E-state index is 0.00918. The number of piperidine rings is 1. The van der Waals surface area contributed by atoms with Crippen molar-refractivity contribution in [2.75, 3.05) is 18.4 Å². The average molecular weight is 344 g/mol. The maximum absolute atomic E-state index is 12.6. The highest BCUT2D eigenvalue weighted by atomic mass is 16.2. The molecule has 1 aliphatic rings. The lowest BCUT2D eigenvalue weighted by Crippen LogP contribution is -2.47. The van der Waals surface area contributed by atoms with Crippen LogP contribution >= 0.6 is 0 Å². The van der Waals surface area contributed by atoms with E-state index in [9.17, 15) is 9.59 Å². The van der Waals surface area contributed by atoms with Crippen molar-refractivity contribution in [1.29, 1.82) is 0 Å². The summed E-state index contributed by atoms with van der Waals surface area (Å²) < 4.78 is 0. The number of carbonyl (C=O) groups is 2. The van der Waals surface area contributed by atoms with Crippen LogP contribution in [0.3, 0.4) is 0 Å². The molecule has 0 bridgehead atoms. The molecule has 1 fully saturated rings. The van der Waals surface area contributed by atoms with Crippen molar-refractivity contribution < 1.29 is 9.59 Å². The zero-order chi connectivity index (χ0) is 18.8.